The Bertz CT molecular complexity index is 510. The summed E-state index contributed by atoms with van der Waals surface area (Å²) in [5.74, 6) is 0. The van der Waals surface area contributed by atoms with E-state index in [4.69, 9.17) is 0 Å². The summed E-state index contributed by atoms with van der Waals surface area (Å²) in [5.41, 5.74) is 1.17. The van der Waals surface area contributed by atoms with Crippen molar-refractivity contribution in [3.63, 3.8) is 0 Å². The molecule has 0 bridgehead atoms. The van der Waals surface area contributed by atoms with Crippen LogP contribution in [0.2, 0.25) is 0 Å². The Morgan fingerprint density at radius 3 is 2.47 bits per heavy atom. The van der Waals surface area contributed by atoms with Gasteiger partial charge in [-0.1, -0.05) is 35.7 Å². The van der Waals surface area contributed by atoms with Crippen LogP contribution in [0.4, 0.5) is 5.69 Å². The van der Waals surface area contributed by atoms with Gasteiger partial charge < -0.3 is 22.3 Å². The monoisotopic (exact) mass is 312 g/mol. The molecule has 0 saturated carbocycles. The van der Waals surface area contributed by atoms with Gasteiger partial charge in [0.05, 0.1) is 10.7 Å². The average molecular weight is 312 g/mol. The van der Waals surface area contributed by atoms with Crippen molar-refractivity contribution in [1.29, 1.82) is 0 Å². The van der Waals surface area contributed by atoms with Crippen molar-refractivity contribution < 1.29 is 9.59 Å². The number of carbonyl (C=O) groups excluding carboxylic acids is 2. The van der Waals surface area contributed by atoms with Gasteiger partial charge in [0.2, 0.25) is 5.12 Å². The predicted octanol–water partition coefficient (Wildman–Crippen LogP) is 3.04. The van der Waals surface area contributed by atoms with E-state index in [0.717, 1.165) is 5.03 Å². The van der Waals surface area contributed by atoms with Crippen LogP contribution in [-0.2, 0) is 22.2 Å². The molecule has 1 aliphatic rings. The molecule has 2 rings (SSSR count). The van der Waals surface area contributed by atoms with E-state index in [2.05, 4.69) is 24.8 Å². The molecular formula is C13H14NO2S3-. The van der Waals surface area contributed by atoms with E-state index in [9.17, 15) is 9.59 Å². The van der Waals surface area contributed by atoms with Crippen molar-refractivity contribution in [2.75, 3.05) is 18.2 Å². The smallest absolute Gasteiger partial charge is 0.214 e. The first-order valence-corrected chi connectivity index (χ1v) is 7.88. The zero-order chi connectivity index (χ0) is 14.4. The molecule has 1 aromatic rings. The Kier molecular flexibility index (Phi) is 6.41. The third-order valence-corrected chi connectivity index (χ3v) is 3.90. The fourth-order valence-corrected chi connectivity index (χ4v) is 2.79. The van der Waals surface area contributed by atoms with Crippen LogP contribution in [0.3, 0.4) is 0 Å². The maximum Gasteiger partial charge on any atom is 0.214 e. The summed E-state index contributed by atoms with van der Waals surface area (Å²) in [4.78, 5) is 23.8. The first-order chi connectivity index (χ1) is 8.95. The minimum absolute atomic E-state index is 0.0946. The largest absolute Gasteiger partial charge is 0.742 e. The van der Waals surface area contributed by atoms with Crippen LogP contribution in [0.15, 0.2) is 40.3 Å². The summed E-state index contributed by atoms with van der Waals surface area (Å²) in [6, 6.07) is 8.15. The number of thioether (sulfide) groups is 2. The highest BCUT2D eigenvalue weighted by molar-refractivity contribution is 8.13. The minimum atomic E-state index is -0.250. The average Bonchev–Trinajstić information content (AvgIpc) is 2.66. The zero-order valence-electron chi connectivity index (χ0n) is 10.9. The number of hydrogen-bond acceptors (Lipinski definition) is 6. The third kappa shape index (κ3) is 4.89. The van der Waals surface area contributed by atoms with E-state index in [0.29, 0.717) is 0 Å². The van der Waals surface area contributed by atoms with E-state index in [1.54, 1.807) is 24.1 Å². The highest BCUT2D eigenvalue weighted by Gasteiger charge is 2.21. The molecule has 0 unspecified atom stereocenters. The molecular weight excluding hydrogens is 298 g/mol. The lowest BCUT2D eigenvalue weighted by Gasteiger charge is -2.12. The third-order valence-electron chi connectivity index (χ3n) is 2.21. The van der Waals surface area contributed by atoms with Gasteiger partial charge in [-0.25, -0.2) is 0 Å². The van der Waals surface area contributed by atoms with Gasteiger partial charge in [0.25, 0.3) is 0 Å². The number of nitrogens with zero attached hydrogens (tertiary/aromatic N) is 1. The van der Waals surface area contributed by atoms with Crippen molar-refractivity contribution >= 4 is 52.1 Å². The molecule has 0 amide bonds. The van der Waals surface area contributed by atoms with Gasteiger partial charge in [-0.05, 0) is 25.3 Å². The number of carbonyl (C=O) groups is 2. The van der Waals surface area contributed by atoms with Gasteiger partial charge in [0.15, 0.2) is 0 Å². The summed E-state index contributed by atoms with van der Waals surface area (Å²) in [7, 11) is 1.98. The van der Waals surface area contributed by atoms with E-state index >= 15 is 0 Å². The number of rotatable bonds is 1. The second-order valence-electron chi connectivity index (χ2n) is 3.63. The number of para-hydroxylation sites is 1. The zero-order valence-corrected chi connectivity index (χ0v) is 13.3. The standard InChI is InChI=1S/C11H11NOS2.C2H4OS/c1-12-8-5-3-4-6-9(8)15-10(12)7-11(13)14-2;1-2(3)4/h3-7H,1-2H3;1H3,(H,3,4)/p-1. The molecule has 1 aromatic carbocycles. The van der Waals surface area contributed by atoms with Gasteiger partial charge >= 0.3 is 0 Å². The van der Waals surface area contributed by atoms with E-state index in [1.807, 2.05) is 24.1 Å². The fourth-order valence-electron chi connectivity index (χ4n) is 1.41. The summed E-state index contributed by atoms with van der Waals surface area (Å²) >= 11 is 6.86. The second kappa shape index (κ2) is 7.57. The van der Waals surface area contributed by atoms with Gasteiger partial charge in [-0.3, -0.25) is 4.79 Å². The molecule has 0 aliphatic carbocycles. The number of fused-ring (bicyclic) bond motifs is 1. The first-order valence-electron chi connectivity index (χ1n) is 5.43. The van der Waals surface area contributed by atoms with Crippen molar-refractivity contribution in [3.05, 3.63) is 35.4 Å². The van der Waals surface area contributed by atoms with Crippen LogP contribution in [-0.4, -0.2) is 23.5 Å². The van der Waals surface area contributed by atoms with Crippen molar-refractivity contribution in [1.82, 2.24) is 0 Å². The normalized spacial score (nSPS) is 14.7. The lowest BCUT2D eigenvalue weighted by molar-refractivity contribution is -0.109. The minimum Gasteiger partial charge on any atom is -0.742 e. The summed E-state index contributed by atoms with van der Waals surface area (Å²) < 4.78 is 0. The van der Waals surface area contributed by atoms with Crippen molar-refractivity contribution in [3.8, 4) is 0 Å². The quantitative estimate of drug-likeness (QED) is 0.586. The Balaban J connectivity index is 0.000000399. The van der Waals surface area contributed by atoms with Crippen LogP contribution in [0.5, 0.6) is 0 Å². The SMILES string of the molecule is CC(=O)[S-].CSC(=O)C=C1Sc2ccccc2N1C. The predicted molar refractivity (Wildman–Crippen MR) is 85.4 cm³/mol. The lowest BCUT2D eigenvalue weighted by Crippen LogP contribution is -2.10. The van der Waals surface area contributed by atoms with Crippen LogP contribution >= 0.6 is 23.5 Å². The van der Waals surface area contributed by atoms with E-state index in [-0.39, 0.29) is 10.2 Å². The van der Waals surface area contributed by atoms with E-state index in [1.165, 1.54) is 29.3 Å². The molecule has 3 nitrogen and oxygen atoms in total. The van der Waals surface area contributed by atoms with Crippen molar-refractivity contribution in [2.45, 2.75) is 11.8 Å². The van der Waals surface area contributed by atoms with Crippen molar-refractivity contribution in [2.24, 2.45) is 0 Å². The van der Waals surface area contributed by atoms with Gasteiger partial charge in [-0.2, -0.15) is 0 Å². The molecule has 0 saturated heterocycles. The maximum absolute atomic E-state index is 11.3. The summed E-state index contributed by atoms with van der Waals surface area (Å²) in [6.07, 6.45) is 3.49. The Morgan fingerprint density at radius 1 is 1.37 bits per heavy atom. The highest BCUT2D eigenvalue weighted by Crippen LogP contribution is 2.44. The molecule has 1 aliphatic heterocycles. The number of hydrogen-bond donors (Lipinski definition) is 0. The van der Waals surface area contributed by atoms with E-state index < -0.39 is 0 Å². The Labute approximate surface area is 127 Å². The molecule has 0 radical (unpaired) electrons. The van der Waals surface area contributed by atoms with Crippen LogP contribution in [0.25, 0.3) is 0 Å². The first kappa shape index (κ1) is 16.1. The second-order valence-corrected chi connectivity index (χ2v) is 6.07. The summed E-state index contributed by atoms with van der Waals surface area (Å²) in [5, 5.41) is 0.840. The molecule has 6 heteroatoms. The van der Waals surface area contributed by atoms with Gasteiger partial charge in [0.1, 0.15) is 0 Å². The number of benzene rings is 1. The fraction of sp³-hybridized carbons (Fsp3) is 0.231. The topological polar surface area (TPSA) is 37.4 Å². The Morgan fingerprint density at radius 2 is 1.95 bits per heavy atom. The molecule has 0 atom stereocenters. The Hall–Kier alpha value is -0.980. The highest BCUT2D eigenvalue weighted by atomic mass is 32.2. The molecule has 1 heterocycles. The molecule has 0 spiro atoms. The molecule has 19 heavy (non-hydrogen) atoms. The molecule has 102 valence electrons. The van der Waals surface area contributed by atoms with Gasteiger partial charge in [0, 0.05) is 23.1 Å². The lowest BCUT2D eigenvalue weighted by atomic mass is 10.3. The van der Waals surface area contributed by atoms with Crippen LogP contribution in [0.1, 0.15) is 6.92 Å². The maximum atomic E-state index is 11.3. The summed E-state index contributed by atoms with van der Waals surface area (Å²) in [6.45, 7) is 1.34. The molecule has 0 fully saturated rings. The molecule has 0 aromatic heterocycles. The van der Waals surface area contributed by atoms with Crippen LogP contribution < -0.4 is 4.90 Å². The van der Waals surface area contributed by atoms with Gasteiger partial charge in [-0.15, -0.1) is 0 Å². The van der Waals surface area contributed by atoms with Crippen LogP contribution in [0, 0.1) is 0 Å². The molecule has 0 N–H and O–H groups in total. The number of anilines is 1.